The molecule has 2 N–H and O–H groups in total. The molecule has 0 bridgehead atoms. The SMILES string of the molecule is CC(=O)Nc1ccc(C(=O)N/N=C/c2ccc(OC(=O)c3ccccc3)cc2)cc1. The highest BCUT2D eigenvalue weighted by molar-refractivity contribution is 5.96. The first-order valence-electron chi connectivity index (χ1n) is 9.09. The molecule has 7 nitrogen and oxygen atoms in total. The molecule has 0 aliphatic heterocycles. The molecular weight excluding hydrogens is 382 g/mol. The van der Waals surface area contributed by atoms with Crippen LogP contribution < -0.4 is 15.5 Å². The van der Waals surface area contributed by atoms with Gasteiger partial charge in [0.15, 0.2) is 0 Å². The zero-order valence-electron chi connectivity index (χ0n) is 16.2. The summed E-state index contributed by atoms with van der Waals surface area (Å²) in [5.74, 6) is -0.593. The average molecular weight is 401 g/mol. The summed E-state index contributed by atoms with van der Waals surface area (Å²) in [4.78, 5) is 35.2. The van der Waals surface area contributed by atoms with Gasteiger partial charge in [-0.15, -0.1) is 0 Å². The van der Waals surface area contributed by atoms with Gasteiger partial charge in [-0.2, -0.15) is 5.10 Å². The number of nitrogens with one attached hydrogen (secondary N) is 2. The maximum absolute atomic E-state index is 12.1. The molecule has 0 unspecified atom stereocenters. The predicted molar refractivity (Wildman–Crippen MR) is 114 cm³/mol. The predicted octanol–water partition coefficient (Wildman–Crippen LogP) is 3.63. The number of rotatable bonds is 6. The van der Waals surface area contributed by atoms with E-state index in [1.165, 1.54) is 13.1 Å². The van der Waals surface area contributed by atoms with Crippen LogP contribution in [0.4, 0.5) is 5.69 Å². The minimum atomic E-state index is -0.436. The van der Waals surface area contributed by atoms with Crippen molar-refractivity contribution in [2.45, 2.75) is 6.92 Å². The quantitative estimate of drug-likeness (QED) is 0.285. The number of nitrogens with zero attached hydrogens (tertiary/aromatic N) is 1. The fraction of sp³-hybridized carbons (Fsp3) is 0.0435. The van der Waals surface area contributed by atoms with E-state index in [9.17, 15) is 14.4 Å². The first-order valence-corrected chi connectivity index (χ1v) is 9.09. The molecule has 0 saturated carbocycles. The van der Waals surface area contributed by atoms with E-state index >= 15 is 0 Å². The fourth-order valence-corrected chi connectivity index (χ4v) is 2.50. The van der Waals surface area contributed by atoms with Crippen LogP contribution in [0.3, 0.4) is 0 Å². The Labute approximate surface area is 173 Å². The molecule has 150 valence electrons. The lowest BCUT2D eigenvalue weighted by Crippen LogP contribution is -2.17. The van der Waals surface area contributed by atoms with Crippen molar-refractivity contribution in [2.24, 2.45) is 5.10 Å². The zero-order chi connectivity index (χ0) is 21.3. The Hall–Kier alpha value is -4.26. The Morgan fingerprint density at radius 1 is 0.833 bits per heavy atom. The minimum Gasteiger partial charge on any atom is -0.423 e. The largest absolute Gasteiger partial charge is 0.423 e. The van der Waals surface area contributed by atoms with Crippen LogP contribution in [0, 0.1) is 0 Å². The van der Waals surface area contributed by atoms with Gasteiger partial charge in [-0.05, 0) is 66.2 Å². The third-order valence-corrected chi connectivity index (χ3v) is 3.95. The number of carbonyl (C=O) groups is 3. The van der Waals surface area contributed by atoms with E-state index in [2.05, 4.69) is 15.8 Å². The monoisotopic (exact) mass is 401 g/mol. The van der Waals surface area contributed by atoms with Gasteiger partial charge in [0.25, 0.3) is 5.91 Å². The highest BCUT2D eigenvalue weighted by atomic mass is 16.5. The lowest BCUT2D eigenvalue weighted by molar-refractivity contribution is -0.114. The van der Waals surface area contributed by atoms with Crippen molar-refractivity contribution in [3.63, 3.8) is 0 Å². The normalized spacial score (nSPS) is 10.4. The Balaban J connectivity index is 1.53. The summed E-state index contributed by atoms with van der Waals surface area (Å²) in [6.07, 6.45) is 1.48. The summed E-state index contributed by atoms with van der Waals surface area (Å²) < 4.78 is 5.31. The summed E-state index contributed by atoms with van der Waals surface area (Å²) in [6.45, 7) is 1.41. The molecule has 3 aromatic carbocycles. The van der Waals surface area contributed by atoms with Crippen molar-refractivity contribution in [1.82, 2.24) is 5.43 Å². The van der Waals surface area contributed by atoms with Gasteiger partial charge >= 0.3 is 5.97 Å². The maximum Gasteiger partial charge on any atom is 0.343 e. The second kappa shape index (κ2) is 9.79. The van der Waals surface area contributed by atoms with Crippen LogP contribution in [-0.2, 0) is 4.79 Å². The van der Waals surface area contributed by atoms with Crippen molar-refractivity contribution in [1.29, 1.82) is 0 Å². The van der Waals surface area contributed by atoms with Crippen molar-refractivity contribution >= 4 is 29.7 Å². The van der Waals surface area contributed by atoms with E-state index in [4.69, 9.17) is 4.74 Å². The first-order chi connectivity index (χ1) is 14.5. The van der Waals surface area contributed by atoms with Crippen LogP contribution >= 0.6 is 0 Å². The van der Waals surface area contributed by atoms with Crippen LogP contribution in [0.5, 0.6) is 5.75 Å². The van der Waals surface area contributed by atoms with Gasteiger partial charge in [-0.3, -0.25) is 9.59 Å². The number of esters is 1. The van der Waals surface area contributed by atoms with E-state index < -0.39 is 5.97 Å². The summed E-state index contributed by atoms with van der Waals surface area (Å²) >= 11 is 0. The highest BCUT2D eigenvalue weighted by Crippen LogP contribution is 2.14. The molecule has 0 aliphatic rings. The molecule has 0 atom stereocenters. The molecule has 0 radical (unpaired) electrons. The number of ether oxygens (including phenoxy) is 1. The molecule has 0 spiro atoms. The number of carbonyl (C=O) groups excluding carboxylic acids is 3. The number of hydrazone groups is 1. The molecule has 3 aromatic rings. The Kier molecular flexibility index (Phi) is 6.68. The third kappa shape index (κ3) is 5.87. The van der Waals surface area contributed by atoms with Crippen LogP contribution in [0.1, 0.15) is 33.2 Å². The molecule has 0 fully saturated rings. The maximum atomic E-state index is 12.1. The van der Waals surface area contributed by atoms with E-state index in [0.717, 1.165) is 5.56 Å². The summed E-state index contributed by atoms with van der Waals surface area (Å²) in [6, 6.07) is 21.9. The molecule has 0 aliphatic carbocycles. The van der Waals surface area contributed by atoms with Gasteiger partial charge in [0.05, 0.1) is 11.8 Å². The second-order valence-electron chi connectivity index (χ2n) is 6.28. The summed E-state index contributed by atoms with van der Waals surface area (Å²) in [5.41, 5.74) is 4.63. The summed E-state index contributed by atoms with van der Waals surface area (Å²) in [7, 11) is 0. The van der Waals surface area contributed by atoms with Gasteiger partial charge < -0.3 is 10.1 Å². The topological polar surface area (TPSA) is 96.9 Å². The molecule has 0 saturated heterocycles. The van der Waals surface area contributed by atoms with Crippen LogP contribution in [0.2, 0.25) is 0 Å². The zero-order valence-corrected chi connectivity index (χ0v) is 16.2. The molecule has 30 heavy (non-hydrogen) atoms. The van der Waals surface area contributed by atoms with Crippen molar-refractivity contribution in [2.75, 3.05) is 5.32 Å². The number of benzene rings is 3. The lowest BCUT2D eigenvalue weighted by Gasteiger charge is -2.05. The number of hydrogen-bond acceptors (Lipinski definition) is 5. The van der Waals surface area contributed by atoms with Gasteiger partial charge in [0.1, 0.15) is 5.75 Å². The smallest absolute Gasteiger partial charge is 0.343 e. The highest BCUT2D eigenvalue weighted by Gasteiger charge is 2.07. The van der Waals surface area contributed by atoms with Gasteiger partial charge in [-0.1, -0.05) is 18.2 Å². The second-order valence-corrected chi connectivity index (χ2v) is 6.28. The summed E-state index contributed by atoms with van der Waals surface area (Å²) in [5, 5.41) is 6.55. The molecule has 2 amide bonds. The molecule has 7 heteroatoms. The average Bonchev–Trinajstić information content (AvgIpc) is 2.75. The van der Waals surface area contributed by atoms with Crippen LogP contribution in [0.25, 0.3) is 0 Å². The fourth-order valence-electron chi connectivity index (χ4n) is 2.50. The Morgan fingerprint density at radius 3 is 2.13 bits per heavy atom. The minimum absolute atomic E-state index is 0.183. The van der Waals surface area contributed by atoms with Gasteiger partial charge in [0, 0.05) is 18.2 Å². The first kappa shape index (κ1) is 20.5. The number of amides is 2. The van der Waals surface area contributed by atoms with Crippen molar-refractivity contribution in [3.05, 3.63) is 95.6 Å². The Morgan fingerprint density at radius 2 is 1.50 bits per heavy atom. The lowest BCUT2D eigenvalue weighted by atomic mass is 10.2. The van der Waals surface area contributed by atoms with Crippen molar-refractivity contribution < 1.29 is 19.1 Å². The van der Waals surface area contributed by atoms with E-state index in [1.807, 2.05) is 6.07 Å². The molecule has 3 rings (SSSR count). The molecule has 0 aromatic heterocycles. The van der Waals surface area contributed by atoms with Crippen LogP contribution in [0.15, 0.2) is 84.0 Å². The van der Waals surface area contributed by atoms with Gasteiger partial charge in [-0.25, -0.2) is 10.2 Å². The van der Waals surface area contributed by atoms with Crippen LogP contribution in [-0.4, -0.2) is 24.0 Å². The molecule has 0 heterocycles. The van der Waals surface area contributed by atoms with Gasteiger partial charge in [0.2, 0.25) is 5.91 Å². The van der Waals surface area contributed by atoms with E-state index in [0.29, 0.717) is 22.6 Å². The number of anilines is 1. The Bertz CT molecular complexity index is 1060. The number of hydrogen-bond donors (Lipinski definition) is 2. The molecular formula is C23H19N3O4. The standard InChI is InChI=1S/C23H19N3O4/c1-16(27)25-20-11-9-18(10-12-20)22(28)26-24-15-17-7-13-21(14-8-17)30-23(29)19-5-3-2-4-6-19/h2-15H,1H3,(H,25,27)(H,26,28)/b24-15+. The third-order valence-electron chi connectivity index (χ3n) is 3.95. The van der Waals surface area contributed by atoms with E-state index in [-0.39, 0.29) is 11.8 Å². The van der Waals surface area contributed by atoms with Crippen molar-refractivity contribution in [3.8, 4) is 5.75 Å². The van der Waals surface area contributed by atoms with E-state index in [1.54, 1.807) is 72.8 Å².